The molecule has 1 aliphatic heterocycles. The Bertz CT molecular complexity index is 639. The number of hydrogen-bond acceptors (Lipinski definition) is 2. The number of rotatable bonds is 2. The Morgan fingerprint density at radius 1 is 1.09 bits per heavy atom. The lowest BCUT2D eigenvalue weighted by Gasteiger charge is -2.25. The van der Waals surface area contributed by atoms with Crippen LogP contribution < -0.4 is 5.32 Å². The molecular formula is C19H22N2O. The van der Waals surface area contributed by atoms with E-state index in [1.54, 1.807) is 0 Å². The largest absolute Gasteiger partial charge is 0.337 e. The Morgan fingerprint density at radius 2 is 1.82 bits per heavy atom. The van der Waals surface area contributed by atoms with Gasteiger partial charge in [0, 0.05) is 24.7 Å². The van der Waals surface area contributed by atoms with Gasteiger partial charge in [0.2, 0.25) is 0 Å². The molecule has 0 bridgehead atoms. The summed E-state index contributed by atoms with van der Waals surface area (Å²) in [6, 6.07) is 18.4. The second-order valence-corrected chi connectivity index (χ2v) is 5.84. The fourth-order valence-corrected chi connectivity index (χ4v) is 3.00. The Labute approximate surface area is 132 Å². The van der Waals surface area contributed by atoms with Gasteiger partial charge in [-0.1, -0.05) is 48.5 Å². The third-order valence-corrected chi connectivity index (χ3v) is 4.26. The van der Waals surface area contributed by atoms with Crippen LogP contribution in [-0.4, -0.2) is 30.4 Å². The van der Waals surface area contributed by atoms with Gasteiger partial charge in [-0.25, -0.2) is 0 Å². The minimum absolute atomic E-state index is 0.141. The average Bonchev–Trinajstić information content (AvgIpc) is 2.82. The lowest BCUT2D eigenvalue weighted by molar-refractivity contribution is 0.0752. The molecule has 1 N–H and O–H groups in total. The van der Waals surface area contributed by atoms with Crippen molar-refractivity contribution in [3.8, 4) is 0 Å². The molecule has 3 heteroatoms. The summed E-state index contributed by atoms with van der Waals surface area (Å²) < 4.78 is 0. The van der Waals surface area contributed by atoms with Crippen LogP contribution in [0.25, 0.3) is 0 Å². The molecular weight excluding hydrogens is 272 g/mol. The molecule has 3 nitrogen and oxygen atoms in total. The van der Waals surface area contributed by atoms with Gasteiger partial charge in [-0.05, 0) is 37.1 Å². The van der Waals surface area contributed by atoms with E-state index in [0.29, 0.717) is 0 Å². The molecule has 1 amide bonds. The summed E-state index contributed by atoms with van der Waals surface area (Å²) in [5, 5.41) is 3.55. The van der Waals surface area contributed by atoms with Gasteiger partial charge in [0.1, 0.15) is 0 Å². The average molecular weight is 294 g/mol. The molecule has 114 valence electrons. The van der Waals surface area contributed by atoms with Crippen LogP contribution in [0.2, 0.25) is 0 Å². The molecule has 2 aromatic rings. The van der Waals surface area contributed by atoms with Crippen LogP contribution in [0.4, 0.5) is 0 Å². The monoisotopic (exact) mass is 294 g/mol. The fourth-order valence-electron chi connectivity index (χ4n) is 3.00. The maximum atomic E-state index is 12.8. The minimum atomic E-state index is 0.141. The molecule has 3 rings (SSSR count). The highest BCUT2D eigenvalue weighted by Gasteiger charge is 2.24. The summed E-state index contributed by atoms with van der Waals surface area (Å²) in [5.74, 6) is 0.141. The number of carbonyl (C=O) groups excluding carboxylic acids is 1. The van der Waals surface area contributed by atoms with Gasteiger partial charge >= 0.3 is 0 Å². The van der Waals surface area contributed by atoms with Crippen LogP contribution in [0.3, 0.4) is 0 Å². The molecule has 1 fully saturated rings. The Morgan fingerprint density at radius 3 is 2.59 bits per heavy atom. The molecule has 1 heterocycles. The van der Waals surface area contributed by atoms with E-state index in [2.05, 4.69) is 29.6 Å². The Hall–Kier alpha value is -2.13. The Kier molecular flexibility index (Phi) is 4.54. The first-order chi connectivity index (χ1) is 10.8. The van der Waals surface area contributed by atoms with E-state index in [4.69, 9.17) is 0 Å². The number of aryl methyl sites for hydroxylation is 1. The zero-order chi connectivity index (χ0) is 15.4. The zero-order valence-electron chi connectivity index (χ0n) is 13.0. The first kappa shape index (κ1) is 14.8. The van der Waals surface area contributed by atoms with Gasteiger partial charge in [-0.15, -0.1) is 0 Å². The summed E-state index contributed by atoms with van der Waals surface area (Å²) in [6.07, 6.45) is 0.987. The third-order valence-electron chi connectivity index (χ3n) is 4.26. The first-order valence-electron chi connectivity index (χ1n) is 7.89. The Balaban J connectivity index is 1.81. The van der Waals surface area contributed by atoms with Gasteiger partial charge in [0.05, 0.1) is 0 Å². The normalized spacial score (nSPS) is 18.8. The van der Waals surface area contributed by atoms with Gasteiger partial charge < -0.3 is 10.2 Å². The van der Waals surface area contributed by atoms with E-state index in [-0.39, 0.29) is 11.9 Å². The molecule has 2 aromatic carbocycles. The van der Waals surface area contributed by atoms with E-state index >= 15 is 0 Å². The van der Waals surface area contributed by atoms with Crippen LogP contribution in [0.5, 0.6) is 0 Å². The molecule has 0 radical (unpaired) electrons. The van der Waals surface area contributed by atoms with E-state index in [1.807, 2.05) is 42.2 Å². The van der Waals surface area contributed by atoms with Crippen molar-refractivity contribution in [2.75, 3.05) is 19.6 Å². The molecule has 22 heavy (non-hydrogen) atoms. The van der Waals surface area contributed by atoms with Gasteiger partial charge in [0.25, 0.3) is 5.91 Å². The van der Waals surface area contributed by atoms with Gasteiger partial charge in [-0.3, -0.25) is 4.79 Å². The van der Waals surface area contributed by atoms with E-state index in [0.717, 1.165) is 37.2 Å². The van der Waals surface area contributed by atoms with Crippen molar-refractivity contribution in [1.29, 1.82) is 0 Å². The van der Waals surface area contributed by atoms with Crippen LogP contribution in [0.15, 0.2) is 54.6 Å². The minimum Gasteiger partial charge on any atom is -0.337 e. The lowest BCUT2D eigenvalue weighted by atomic mass is 10.0. The van der Waals surface area contributed by atoms with Crippen molar-refractivity contribution < 1.29 is 4.79 Å². The first-order valence-corrected chi connectivity index (χ1v) is 7.89. The molecule has 0 aromatic heterocycles. The van der Waals surface area contributed by atoms with Crippen molar-refractivity contribution in [3.63, 3.8) is 0 Å². The number of benzene rings is 2. The lowest BCUT2D eigenvalue weighted by Crippen LogP contribution is -2.36. The molecule has 1 unspecified atom stereocenters. The van der Waals surface area contributed by atoms with Crippen LogP contribution in [0.1, 0.15) is 33.9 Å². The summed E-state index contributed by atoms with van der Waals surface area (Å²) >= 11 is 0. The van der Waals surface area contributed by atoms with Gasteiger partial charge in [-0.2, -0.15) is 0 Å². The third kappa shape index (κ3) is 3.20. The fraction of sp³-hybridized carbons (Fsp3) is 0.316. The molecule has 0 aliphatic carbocycles. The molecule has 1 aliphatic rings. The van der Waals surface area contributed by atoms with Crippen molar-refractivity contribution in [3.05, 3.63) is 71.3 Å². The van der Waals surface area contributed by atoms with Crippen LogP contribution in [-0.2, 0) is 0 Å². The second kappa shape index (κ2) is 6.75. The topological polar surface area (TPSA) is 32.3 Å². The van der Waals surface area contributed by atoms with E-state index in [9.17, 15) is 4.79 Å². The number of carbonyl (C=O) groups is 1. The SMILES string of the molecule is Cc1ccccc1C(=O)N1CCCNC(c2ccccc2)C1. The zero-order valence-corrected chi connectivity index (χ0v) is 13.0. The quantitative estimate of drug-likeness (QED) is 0.922. The summed E-state index contributed by atoms with van der Waals surface area (Å²) in [4.78, 5) is 14.8. The highest BCUT2D eigenvalue weighted by atomic mass is 16.2. The maximum Gasteiger partial charge on any atom is 0.254 e. The highest BCUT2D eigenvalue weighted by Crippen LogP contribution is 2.19. The second-order valence-electron chi connectivity index (χ2n) is 5.84. The number of nitrogens with zero attached hydrogens (tertiary/aromatic N) is 1. The van der Waals surface area contributed by atoms with Crippen LogP contribution in [0, 0.1) is 6.92 Å². The summed E-state index contributed by atoms with van der Waals surface area (Å²) in [6.45, 7) is 4.47. The number of hydrogen-bond donors (Lipinski definition) is 1. The smallest absolute Gasteiger partial charge is 0.254 e. The molecule has 0 saturated carbocycles. The van der Waals surface area contributed by atoms with Gasteiger partial charge in [0.15, 0.2) is 0 Å². The molecule has 1 saturated heterocycles. The van der Waals surface area contributed by atoms with Crippen LogP contribution >= 0.6 is 0 Å². The number of nitrogens with one attached hydrogen (secondary N) is 1. The highest BCUT2D eigenvalue weighted by molar-refractivity contribution is 5.95. The van der Waals surface area contributed by atoms with Crippen molar-refractivity contribution in [2.45, 2.75) is 19.4 Å². The standard InChI is InChI=1S/C19H22N2O/c1-15-8-5-6-11-17(15)19(22)21-13-7-12-20-18(14-21)16-9-3-2-4-10-16/h2-6,8-11,18,20H,7,12-14H2,1H3. The molecule has 1 atom stereocenters. The summed E-state index contributed by atoms with van der Waals surface area (Å²) in [7, 11) is 0. The molecule has 0 spiro atoms. The number of amides is 1. The predicted molar refractivity (Wildman–Crippen MR) is 88.9 cm³/mol. The van der Waals surface area contributed by atoms with E-state index < -0.39 is 0 Å². The van der Waals surface area contributed by atoms with Crippen molar-refractivity contribution >= 4 is 5.91 Å². The van der Waals surface area contributed by atoms with Crippen molar-refractivity contribution in [1.82, 2.24) is 10.2 Å². The van der Waals surface area contributed by atoms with E-state index in [1.165, 1.54) is 5.56 Å². The maximum absolute atomic E-state index is 12.8. The summed E-state index contributed by atoms with van der Waals surface area (Å²) in [5.41, 5.74) is 3.10. The predicted octanol–water partition coefficient (Wildman–Crippen LogP) is 3.17. The van der Waals surface area contributed by atoms with Crippen molar-refractivity contribution in [2.24, 2.45) is 0 Å².